The first kappa shape index (κ1) is 19.9. The number of amides is 1. The number of carbonyl (C=O) groups excluding carboxylic acids is 1. The normalized spacial score (nSPS) is 15.6. The summed E-state index contributed by atoms with van der Waals surface area (Å²) in [4.78, 5) is 12.2. The second-order valence-electron chi connectivity index (χ2n) is 6.63. The molecule has 0 saturated heterocycles. The van der Waals surface area contributed by atoms with Crippen LogP contribution in [0.15, 0.2) is 28.6 Å². The van der Waals surface area contributed by atoms with Crippen LogP contribution in [0.3, 0.4) is 0 Å². The second kappa shape index (κ2) is 10.5. The number of carbonyl (C=O) groups is 1. The van der Waals surface area contributed by atoms with E-state index in [2.05, 4.69) is 20.8 Å². The molecule has 3 rings (SSSR count). The van der Waals surface area contributed by atoms with Crippen molar-refractivity contribution in [1.82, 2.24) is 15.5 Å². The molecule has 1 aromatic heterocycles. The van der Waals surface area contributed by atoms with Crippen molar-refractivity contribution >= 4 is 39.8 Å². The lowest BCUT2D eigenvalue weighted by molar-refractivity contribution is -0.119. The van der Waals surface area contributed by atoms with E-state index in [1.807, 2.05) is 24.3 Å². The largest absolute Gasteiger partial charge is 0.497 e. The Balaban J connectivity index is 1.45. The van der Waals surface area contributed by atoms with Gasteiger partial charge in [-0.25, -0.2) is 0 Å². The SMILES string of the molecule is COc1cccc(Nc2nnc(SCC(=O)NC3CCCCCCC3)s2)c1. The molecular formula is C19H26N4O2S2. The van der Waals surface area contributed by atoms with Gasteiger partial charge in [-0.1, -0.05) is 61.3 Å². The van der Waals surface area contributed by atoms with Gasteiger partial charge in [0.15, 0.2) is 4.34 Å². The monoisotopic (exact) mass is 406 g/mol. The van der Waals surface area contributed by atoms with E-state index in [9.17, 15) is 4.79 Å². The number of hydrogen-bond acceptors (Lipinski definition) is 7. The predicted octanol–water partition coefficient (Wildman–Crippen LogP) is 4.61. The number of thioether (sulfide) groups is 1. The van der Waals surface area contributed by atoms with Gasteiger partial charge >= 0.3 is 0 Å². The van der Waals surface area contributed by atoms with Gasteiger partial charge in [-0.05, 0) is 25.0 Å². The average molecular weight is 407 g/mol. The van der Waals surface area contributed by atoms with Crippen LogP contribution in [0.5, 0.6) is 5.75 Å². The quantitative estimate of drug-likeness (QED) is 0.654. The summed E-state index contributed by atoms with van der Waals surface area (Å²) in [6, 6.07) is 7.98. The maximum absolute atomic E-state index is 12.2. The summed E-state index contributed by atoms with van der Waals surface area (Å²) in [5.74, 6) is 1.25. The topological polar surface area (TPSA) is 76.1 Å². The molecule has 0 aliphatic heterocycles. The van der Waals surface area contributed by atoms with E-state index in [1.165, 1.54) is 55.2 Å². The highest BCUT2D eigenvalue weighted by Crippen LogP contribution is 2.28. The Kier molecular flexibility index (Phi) is 7.77. The molecule has 8 heteroatoms. The van der Waals surface area contributed by atoms with Gasteiger partial charge < -0.3 is 15.4 Å². The van der Waals surface area contributed by atoms with Crippen LogP contribution in [0, 0.1) is 0 Å². The third kappa shape index (κ3) is 6.70. The molecule has 1 amide bonds. The fourth-order valence-electron chi connectivity index (χ4n) is 3.14. The number of hydrogen-bond donors (Lipinski definition) is 2. The molecule has 1 saturated carbocycles. The highest BCUT2D eigenvalue weighted by atomic mass is 32.2. The lowest BCUT2D eigenvalue weighted by Gasteiger charge is -2.20. The Morgan fingerprint density at radius 3 is 2.78 bits per heavy atom. The number of nitrogens with one attached hydrogen (secondary N) is 2. The summed E-state index contributed by atoms with van der Waals surface area (Å²) in [6.45, 7) is 0. The van der Waals surface area contributed by atoms with Crippen LogP contribution in [0.1, 0.15) is 44.9 Å². The maximum Gasteiger partial charge on any atom is 0.230 e. The van der Waals surface area contributed by atoms with Gasteiger partial charge in [-0.15, -0.1) is 10.2 Å². The summed E-state index contributed by atoms with van der Waals surface area (Å²) in [5, 5.41) is 15.4. The van der Waals surface area contributed by atoms with Crippen molar-refractivity contribution in [2.75, 3.05) is 18.2 Å². The van der Waals surface area contributed by atoms with Crippen LogP contribution in [0.4, 0.5) is 10.8 Å². The summed E-state index contributed by atoms with van der Waals surface area (Å²) in [5.41, 5.74) is 0.893. The van der Waals surface area contributed by atoms with E-state index >= 15 is 0 Å². The molecule has 146 valence electrons. The fourth-order valence-corrected chi connectivity index (χ4v) is 4.72. The minimum atomic E-state index is 0.0862. The van der Waals surface area contributed by atoms with Gasteiger partial charge in [0.2, 0.25) is 11.0 Å². The summed E-state index contributed by atoms with van der Waals surface area (Å²) in [7, 11) is 1.64. The maximum atomic E-state index is 12.2. The first-order valence-corrected chi connectivity index (χ1v) is 11.2. The van der Waals surface area contributed by atoms with Crippen LogP contribution < -0.4 is 15.4 Å². The highest BCUT2D eigenvalue weighted by molar-refractivity contribution is 8.01. The lowest BCUT2D eigenvalue weighted by atomic mass is 9.97. The number of ether oxygens (including phenoxy) is 1. The number of nitrogens with zero attached hydrogens (tertiary/aromatic N) is 2. The molecule has 1 aromatic carbocycles. The van der Waals surface area contributed by atoms with E-state index in [-0.39, 0.29) is 5.91 Å². The number of anilines is 2. The highest BCUT2D eigenvalue weighted by Gasteiger charge is 2.15. The first-order valence-electron chi connectivity index (χ1n) is 9.39. The lowest BCUT2D eigenvalue weighted by Crippen LogP contribution is -2.36. The summed E-state index contributed by atoms with van der Waals surface area (Å²) in [6.07, 6.45) is 8.54. The zero-order chi connectivity index (χ0) is 18.9. The number of methoxy groups -OCH3 is 1. The van der Waals surface area contributed by atoms with Gasteiger partial charge in [0.05, 0.1) is 12.9 Å². The molecule has 1 fully saturated rings. The number of benzene rings is 1. The smallest absolute Gasteiger partial charge is 0.230 e. The average Bonchev–Trinajstić information content (AvgIpc) is 3.09. The van der Waals surface area contributed by atoms with Crippen LogP contribution >= 0.6 is 23.1 Å². The van der Waals surface area contributed by atoms with E-state index in [4.69, 9.17) is 4.74 Å². The van der Waals surface area contributed by atoms with Crippen LogP contribution in [-0.2, 0) is 4.79 Å². The second-order valence-corrected chi connectivity index (χ2v) is 8.83. The van der Waals surface area contributed by atoms with Crippen molar-refractivity contribution in [1.29, 1.82) is 0 Å². The van der Waals surface area contributed by atoms with Gasteiger partial charge in [-0.2, -0.15) is 0 Å². The first-order chi connectivity index (χ1) is 13.2. The Bertz CT molecular complexity index is 730. The van der Waals surface area contributed by atoms with E-state index in [0.29, 0.717) is 16.9 Å². The predicted molar refractivity (Wildman–Crippen MR) is 111 cm³/mol. The molecule has 1 aliphatic rings. The van der Waals surface area contributed by atoms with E-state index in [1.54, 1.807) is 7.11 Å². The Morgan fingerprint density at radius 1 is 1.22 bits per heavy atom. The standard InChI is InChI=1S/C19H26N4O2S2/c1-25-16-11-7-10-15(12-16)21-18-22-23-19(27-18)26-13-17(24)20-14-8-5-3-2-4-6-9-14/h7,10-12,14H,2-6,8-9,13H2,1H3,(H,20,24)(H,21,22). The molecule has 0 bridgehead atoms. The molecule has 0 spiro atoms. The molecule has 0 unspecified atom stereocenters. The van der Waals surface area contributed by atoms with Gasteiger partial charge in [-0.3, -0.25) is 4.79 Å². The minimum Gasteiger partial charge on any atom is -0.497 e. The van der Waals surface area contributed by atoms with Crippen molar-refractivity contribution in [2.24, 2.45) is 0 Å². The Labute approximate surface area is 168 Å². The third-order valence-corrected chi connectivity index (χ3v) is 6.50. The molecule has 0 atom stereocenters. The van der Waals surface area contributed by atoms with Crippen molar-refractivity contribution in [3.63, 3.8) is 0 Å². The van der Waals surface area contributed by atoms with Crippen molar-refractivity contribution in [2.45, 2.75) is 55.3 Å². The van der Waals surface area contributed by atoms with E-state index < -0.39 is 0 Å². The molecule has 0 radical (unpaired) electrons. The summed E-state index contributed by atoms with van der Waals surface area (Å²) >= 11 is 2.88. The van der Waals surface area contributed by atoms with E-state index in [0.717, 1.165) is 28.6 Å². The molecule has 27 heavy (non-hydrogen) atoms. The number of rotatable bonds is 7. The Hall–Kier alpha value is -1.80. The third-order valence-electron chi connectivity index (χ3n) is 4.52. The van der Waals surface area contributed by atoms with Crippen LogP contribution in [-0.4, -0.2) is 35.0 Å². The van der Waals surface area contributed by atoms with Crippen LogP contribution in [0.25, 0.3) is 0 Å². The molecule has 1 aliphatic carbocycles. The minimum absolute atomic E-state index is 0.0862. The van der Waals surface area contributed by atoms with Crippen LogP contribution in [0.2, 0.25) is 0 Å². The Morgan fingerprint density at radius 2 is 2.00 bits per heavy atom. The van der Waals surface area contributed by atoms with Crippen molar-refractivity contribution in [3.8, 4) is 5.75 Å². The molecular weight excluding hydrogens is 380 g/mol. The zero-order valence-corrected chi connectivity index (χ0v) is 17.2. The van der Waals surface area contributed by atoms with Gasteiger partial charge in [0.25, 0.3) is 0 Å². The summed E-state index contributed by atoms with van der Waals surface area (Å²) < 4.78 is 6.00. The number of aromatic nitrogens is 2. The van der Waals surface area contributed by atoms with Gasteiger partial charge in [0.1, 0.15) is 5.75 Å². The van der Waals surface area contributed by atoms with Crippen molar-refractivity contribution < 1.29 is 9.53 Å². The molecule has 2 N–H and O–H groups in total. The fraction of sp³-hybridized carbons (Fsp3) is 0.526. The molecule has 6 nitrogen and oxygen atoms in total. The van der Waals surface area contributed by atoms with Gasteiger partial charge in [0, 0.05) is 17.8 Å². The zero-order valence-electron chi connectivity index (χ0n) is 15.6. The molecule has 1 heterocycles. The van der Waals surface area contributed by atoms with Crippen molar-refractivity contribution in [3.05, 3.63) is 24.3 Å². The molecule has 2 aromatic rings.